The first kappa shape index (κ1) is 24.2. The average Bonchev–Trinajstić information content (AvgIpc) is 3.25. The van der Waals surface area contributed by atoms with E-state index in [0.717, 1.165) is 33.9 Å². The molecule has 0 radical (unpaired) electrons. The quantitative estimate of drug-likeness (QED) is 0.287. The van der Waals surface area contributed by atoms with Crippen LogP contribution in [-0.4, -0.2) is 28.7 Å². The van der Waals surface area contributed by atoms with Gasteiger partial charge in [0.2, 0.25) is 5.89 Å². The van der Waals surface area contributed by atoms with Gasteiger partial charge in [0.15, 0.2) is 0 Å². The first-order valence-electron chi connectivity index (χ1n) is 11.8. The summed E-state index contributed by atoms with van der Waals surface area (Å²) in [6.07, 6.45) is 1.87. The maximum Gasteiger partial charge on any atom is 0.320 e. The summed E-state index contributed by atoms with van der Waals surface area (Å²) >= 11 is 0. The third-order valence-electron chi connectivity index (χ3n) is 5.83. The number of aryl methyl sites for hydroxylation is 2. The van der Waals surface area contributed by atoms with Crippen LogP contribution in [0.3, 0.4) is 0 Å². The highest BCUT2D eigenvalue weighted by Gasteiger charge is 2.17. The Hall–Kier alpha value is -3.90. The number of hydrogen-bond donors (Lipinski definition) is 2. The number of benzene rings is 3. The average molecular weight is 471 g/mol. The standard InChI is InChI=1S/C29H30N2O4/c1-21-26(31-28(35-21)24-12-6-3-7-13-24)17-18-34-25-14-8-11-23(19-25)20-30-27(29(32)33)16-15-22-9-4-2-5-10-22/h2-14,19,27,30H,15-18,20H2,1H3,(H,32,33)/t27-/m1/s1. The number of nitrogens with one attached hydrogen (secondary N) is 1. The minimum atomic E-state index is -0.841. The fourth-order valence-corrected chi connectivity index (χ4v) is 3.88. The number of nitrogens with zero attached hydrogens (tertiary/aromatic N) is 1. The lowest BCUT2D eigenvalue weighted by molar-refractivity contribution is -0.139. The van der Waals surface area contributed by atoms with Crippen molar-refractivity contribution in [3.63, 3.8) is 0 Å². The lowest BCUT2D eigenvalue weighted by Gasteiger charge is -2.15. The van der Waals surface area contributed by atoms with Crippen molar-refractivity contribution >= 4 is 5.97 Å². The van der Waals surface area contributed by atoms with Gasteiger partial charge in [-0.1, -0.05) is 60.7 Å². The Bertz CT molecular complexity index is 1220. The molecule has 0 bridgehead atoms. The van der Waals surface area contributed by atoms with E-state index in [2.05, 4.69) is 10.3 Å². The van der Waals surface area contributed by atoms with E-state index in [1.54, 1.807) is 0 Å². The number of carboxylic acid groups (broad SMARTS) is 1. The van der Waals surface area contributed by atoms with Crippen LogP contribution in [0.5, 0.6) is 5.75 Å². The largest absolute Gasteiger partial charge is 0.493 e. The summed E-state index contributed by atoms with van der Waals surface area (Å²) in [5.41, 5.74) is 3.93. The van der Waals surface area contributed by atoms with Gasteiger partial charge in [0.1, 0.15) is 17.6 Å². The van der Waals surface area contributed by atoms with Crippen molar-refractivity contribution in [2.75, 3.05) is 6.61 Å². The molecule has 3 aromatic carbocycles. The van der Waals surface area contributed by atoms with Gasteiger partial charge in [0, 0.05) is 18.5 Å². The molecule has 1 atom stereocenters. The van der Waals surface area contributed by atoms with Crippen LogP contribution in [0.1, 0.15) is 29.0 Å². The molecule has 6 nitrogen and oxygen atoms in total. The molecule has 0 saturated heterocycles. The maximum atomic E-state index is 11.7. The van der Waals surface area contributed by atoms with Crippen LogP contribution in [0.25, 0.3) is 11.5 Å². The van der Waals surface area contributed by atoms with Gasteiger partial charge in [-0.25, -0.2) is 4.98 Å². The fraction of sp³-hybridized carbons (Fsp3) is 0.241. The third-order valence-corrected chi connectivity index (χ3v) is 5.83. The second kappa shape index (κ2) is 12.0. The van der Waals surface area contributed by atoms with E-state index in [1.165, 1.54) is 0 Å². The number of aromatic nitrogens is 1. The molecule has 0 aliphatic rings. The molecule has 180 valence electrons. The topological polar surface area (TPSA) is 84.6 Å². The van der Waals surface area contributed by atoms with Crippen molar-refractivity contribution in [3.05, 3.63) is 108 Å². The molecule has 6 heteroatoms. The van der Waals surface area contributed by atoms with Crippen LogP contribution in [-0.2, 0) is 24.2 Å². The van der Waals surface area contributed by atoms with E-state index >= 15 is 0 Å². The molecule has 0 aliphatic carbocycles. The Balaban J connectivity index is 1.28. The molecule has 4 rings (SSSR count). The molecule has 1 heterocycles. The SMILES string of the molecule is Cc1oc(-c2ccccc2)nc1CCOc1cccc(CN[C@H](CCc2ccccc2)C(=O)O)c1. The Labute approximate surface area is 205 Å². The molecule has 1 aromatic heterocycles. The molecule has 0 fully saturated rings. The van der Waals surface area contributed by atoms with Crippen LogP contribution < -0.4 is 10.1 Å². The smallest absolute Gasteiger partial charge is 0.320 e. The lowest BCUT2D eigenvalue weighted by atomic mass is 10.0. The van der Waals surface area contributed by atoms with Gasteiger partial charge >= 0.3 is 5.97 Å². The summed E-state index contributed by atoms with van der Waals surface area (Å²) in [5, 5.41) is 12.8. The molecule has 0 saturated carbocycles. The van der Waals surface area contributed by atoms with E-state index in [4.69, 9.17) is 9.15 Å². The van der Waals surface area contributed by atoms with Crippen molar-refractivity contribution < 1.29 is 19.1 Å². The Kier molecular flexibility index (Phi) is 8.30. The monoisotopic (exact) mass is 470 g/mol. The summed E-state index contributed by atoms with van der Waals surface area (Å²) in [5.74, 6) is 1.31. The molecular weight excluding hydrogens is 440 g/mol. The number of aliphatic carboxylic acids is 1. The number of carbonyl (C=O) groups is 1. The van der Waals surface area contributed by atoms with Crippen molar-refractivity contribution in [3.8, 4) is 17.2 Å². The summed E-state index contributed by atoms with van der Waals surface area (Å²) in [4.78, 5) is 16.3. The number of rotatable bonds is 12. The zero-order chi connectivity index (χ0) is 24.5. The van der Waals surface area contributed by atoms with Crippen LogP contribution in [0.4, 0.5) is 0 Å². The minimum absolute atomic E-state index is 0.450. The second-order valence-electron chi connectivity index (χ2n) is 8.43. The number of carboxylic acids is 1. The van der Waals surface area contributed by atoms with E-state index in [9.17, 15) is 9.90 Å². The van der Waals surface area contributed by atoms with Crippen molar-refractivity contribution in [1.29, 1.82) is 0 Å². The van der Waals surface area contributed by atoms with Gasteiger partial charge in [-0.05, 0) is 55.2 Å². The van der Waals surface area contributed by atoms with E-state index in [-0.39, 0.29) is 0 Å². The number of ether oxygens (including phenoxy) is 1. The van der Waals surface area contributed by atoms with Crippen molar-refractivity contribution in [2.24, 2.45) is 0 Å². The van der Waals surface area contributed by atoms with Gasteiger partial charge < -0.3 is 19.6 Å². The molecule has 0 unspecified atom stereocenters. The highest BCUT2D eigenvalue weighted by Crippen LogP contribution is 2.22. The van der Waals surface area contributed by atoms with E-state index < -0.39 is 12.0 Å². The normalized spacial score (nSPS) is 11.8. The van der Waals surface area contributed by atoms with Gasteiger partial charge in [-0.15, -0.1) is 0 Å². The summed E-state index contributed by atoms with van der Waals surface area (Å²) in [6, 6.07) is 26.9. The molecule has 4 aromatic rings. The predicted octanol–water partition coefficient (Wildman–Crippen LogP) is 5.45. The Morgan fingerprint density at radius 3 is 2.43 bits per heavy atom. The number of hydrogen-bond acceptors (Lipinski definition) is 5. The van der Waals surface area contributed by atoms with Crippen LogP contribution in [0, 0.1) is 6.92 Å². The zero-order valence-electron chi connectivity index (χ0n) is 19.8. The highest BCUT2D eigenvalue weighted by molar-refractivity contribution is 5.73. The minimum Gasteiger partial charge on any atom is -0.493 e. The van der Waals surface area contributed by atoms with Gasteiger partial charge in [-0.3, -0.25) is 4.79 Å². The van der Waals surface area contributed by atoms with Crippen molar-refractivity contribution in [2.45, 2.75) is 38.8 Å². The molecule has 0 spiro atoms. The first-order chi connectivity index (χ1) is 17.1. The third kappa shape index (κ3) is 7.04. The van der Waals surface area contributed by atoms with Crippen molar-refractivity contribution in [1.82, 2.24) is 10.3 Å². The summed E-state index contributed by atoms with van der Waals surface area (Å²) in [7, 11) is 0. The predicted molar refractivity (Wildman–Crippen MR) is 135 cm³/mol. The number of oxazole rings is 1. The van der Waals surface area contributed by atoms with Gasteiger partial charge in [0.25, 0.3) is 0 Å². The molecule has 0 amide bonds. The van der Waals surface area contributed by atoms with Crippen LogP contribution in [0.2, 0.25) is 0 Å². The molecule has 2 N–H and O–H groups in total. The van der Waals surface area contributed by atoms with Gasteiger partial charge in [-0.2, -0.15) is 0 Å². The Morgan fingerprint density at radius 2 is 1.69 bits per heavy atom. The first-order valence-corrected chi connectivity index (χ1v) is 11.8. The van der Waals surface area contributed by atoms with Gasteiger partial charge in [0.05, 0.1) is 12.3 Å². The van der Waals surface area contributed by atoms with E-state index in [1.807, 2.05) is 91.9 Å². The fourth-order valence-electron chi connectivity index (χ4n) is 3.88. The maximum absolute atomic E-state index is 11.7. The lowest BCUT2D eigenvalue weighted by Crippen LogP contribution is -2.36. The summed E-state index contributed by atoms with van der Waals surface area (Å²) in [6.45, 7) is 2.83. The molecule has 0 aliphatic heterocycles. The molecular formula is C29H30N2O4. The van der Waals surface area contributed by atoms with E-state index in [0.29, 0.717) is 38.3 Å². The molecule has 35 heavy (non-hydrogen) atoms. The highest BCUT2D eigenvalue weighted by atomic mass is 16.5. The second-order valence-corrected chi connectivity index (χ2v) is 8.43. The zero-order valence-corrected chi connectivity index (χ0v) is 19.8. The van der Waals surface area contributed by atoms with Crippen LogP contribution in [0.15, 0.2) is 89.3 Å². The summed E-state index contributed by atoms with van der Waals surface area (Å²) < 4.78 is 11.8. The van der Waals surface area contributed by atoms with Crippen LogP contribution >= 0.6 is 0 Å². The Morgan fingerprint density at radius 1 is 0.971 bits per heavy atom.